The van der Waals surface area contributed by atoms with E-state index in [1.165, 1.54) is 6.33 Å². The predicted molar refractivity (Wildman–Crippen MR) is 76.8 cm³/mol. The average molecular weight is 322 g/mol. The van der Waals surface area contributed by atoms with Gasteiger partial charge in [0, 0.05) is 17.7 Å². The third-order valence-corrected chi connectivity index (χ3v) is 4.09. The van der Waals surface area contributed by atoms with Crippen LogP contribution in [0.2, 0.25) is 0 Å². The van der Waals surface area contributed by atoms with Crippen molar-refractivity contribution in [2.24, 2.45) is 0 Å². The van der Waals surface area contributed by atoms with Gasteiger partial charge in [0.2, 0.25) is 5.88 Å². The SMILES string of the molecule is Cc1cncnc1Oc1ccc(C2COS(=O)(=O)OC2)cc1. The topological polar surface area (TPSA) is 87.6 Å². The first-order valence-electron chi connectivity index (χ1n) is 6.62. The number of hydrogen-bond donors (Lipinski definition) is 0. The molecular weight excluding hydrogens is 308 g/mol. The molecule has 1 aliphatic rings. The average Bonchev–Trinajstić information content (AvgIpc) is 2.51. The van der Waals surface area contributed by atoms with E-state index < -0.39 is 10.4 Å². The summed E-state index contributed by atoms with van der Waals surface area (Å²) in [5.74, 6) is 1.01. The number of aryl methyl sites for hydroxylation is 1. The molecular formula is C14H14N2O5S. The number of ether oxygens (including phenoxy) is 1. The van der Waals surface area contributed by atoms with Crippen LogP contribution in [0.4, 0.5) is 0 Å². The Bertz CT molecular complexity index is 747. The molecule has 0 spiro atoms. The van der Waals surface area contributed by atoms with Crippen molar-refractivity contribution in [3.05, 3.63) is 47.9 Å². The van der Waals surface area contributed by atoms with Crippen LogP contribution >= 0.6 is 0 Å². The maximum atomic E-state index is 11.0. The standard InChI is InChI=1S/C14H14N2O5S/c1-10-6-15-9-16-14(10)21-13-4-2-11(3-5-13)12-7-19-22(17,18)20-8-12/h2-6,9,12H,7-8H2,1H3. The largest absolute Gasteiger partial charge is 0.439 e. The monoisotopic (exact) mass is 322 g/mol. The molecule has 116 valence electrons. The second-order valence-corrected chi connectivity index (χ2v) is 6.14. The molecule has 0 bridgehead atoms. The Kier molecular flexibility index (Phi) is 4.06. The van der Waals surface area contributed by atoms with Crippen LogP contribution in [0.15, 0.2) is 36.8 Å². The maximum absolute atomic E-state index is 11.0. The van der Waals surface area contributed by atoms with Crippen LogP contribution in [0.3, 0.4) is 0 Å². The zero-order chi connectivity index (χ0) is 15.6. The van der Waals surface area contributed by atoms with Gasteiger partial charge in [-0.1, -0.05) is 12.1 Å². The molecule has 0 atom stereocenters. The highest BCUT2D eigenvalue weighted by Crippen LogP contribution is 2.27. The van der Waals surface area contributed by atoms with Crippen LogP contribution in [0.5, 0.6) is 11.6 Å². The van der Waals surface area contributed by atoms with E-state index in [9.17, 15) is 8.42 Å². The normalized spacial score (nSPS) is 18.0. The van der Waals surface area contributed by atoms with Gasteiger partial charge >= 0.3 is 10.4 Å². The van der Waals surface area contributed by atoms with E-state index in [2.05, 4.69) is 18.3 Å². The summed E-state index contributed by atoms with van der Waals surface area (Å²) in [6, 6.07) is 7.28. The van der Waals surface area contributed by atoms with Crippen molar-refractivity contribution < 1.29 is 21.5 Å². The summed E-state index contributed by atoms with van der Waals surface area (Å²) in [5, 5.41) is 0. The van der Waals surface area contributed by atoms with Crippen molar-refractivity contribution in [2.45, 2.75) is 12.8 Å². The van der Waals surface area contributed by atoms with Crippen LogP contribution in [-0.4, -0.2) is 31.6 Å². The van der Waals surface area contributed by atoms with E-state index in [1.54, 1.807) is 18.3 Å². The van der Waals surface area contributed by atoms with Crippen LogP contribution in [0.25, 0.3) is 0 Å². The summed E-state index contributed by atoms with van der Waals surface area (Å²) < 4.78 is 37.1. The van der Waals surface area contributed by atoms with Crippen LogP contribution in [0, 0.1) is 6.92 Å². The Morgan fingerprint density at radius 1 is 1.18 bits per heavy atom. The first-order valence-corrected chi connectivity index (χ1v) is 7.95. The van der Waals surface area contributed by atoms with Gasteiger partial charge in [0.15, 0.2) is 0 Å². The van der Waals surface area contributed by atoms with Crippen molar-refractivity contribution in [3.63, 3.8) is 0 Å². The van der Waals surface area contributed by atoms with Crippen molar-refractivity contribution in [1.29, 1.82) is 0 Å². The molecule has 1 aromatic carbocycles. The Morgan fingerprint density at radius 2 is 1.86 bits per heavy atom. The predicted octanol–water partition coefficient (Wildman–Crippen LogP) is 1.95. The van der Waals surface area contributed by atoms with Gasteiger partial charge in [0.25, 0.3) is 0 Å². The summed E-state index contributed by atoms with van der Waals surface area (Å²) in [5.41, 5.74) is 1.76. The van der Waals surface area contributed by atoms with Gasteiger partial charge < -0.3 is 4.74 Å². The Balaban J connectivity index is 1.70. The molecule has 1 aromatic heterocycles. The summed E-state index contributed by atoms with van der Waals surface area (Å²) in [7, 11) is -3.82. The number of aromatic nitrogens is 2. The smallest absolute Gasteiger partial charge is 0.399 e. The minimum atomic E-state index is -3.82. The van der Waals surface area contributed by atoms with E-state index in [4.69, 9.17) is 4.74 Å². The minimum Gasteiger partial charge on any atom is -0.439 e. The zero-order valence-electron chi connectivity index (χ0n) is 11.8. The maximum Gasteiger partial charge on any atom is 0.399 e. The lowest BCUT2D eigenvalue weighted by molar-refractivity contribution is 0.135. The molecule has 7 nitrogen and oxygen atoms in total. The quantitative estimate of drug-likeness (QED) is 0.853. The van der Waals surface area contributed by atoms with Gasteiger partial charge in [-0.05, 0) is 24.6 Å². The van der Waals surface area contributed by atoms with Gasteiger partial charge in [-0.15, -0.1) is 0 Å². The second-order valence-electron chi connectivity index (χ2n) is 4.86. The first kappa shape index (κ1) is 14.9. The molecule has 22 heavy (non-hydrogen) atoms. The Labute approximate surface area is 128 Å². The lowest BCUT2D eigenvalue weighted by Gasteiger charge is -2.21. The molecule has 0 amide bonds. The lowest BCUT2D eigenvalue weighted by atomic mass is 10.0. The van der Waals surface area contributed by atoms with Crippen molar-refractivity contribution in [3.8, 4) is 11.6 Å². The third-order valence-electron chi connectivity index (χ3n) is 3.24. The fraction of sp³-hybridized carbons (Fsp3) is 0.286. The number of benzene rings is 1. The zero-order valence-corrected chi connectivity index (χ0v) is 12.6. The highest BCUT2D eigenvalue weighted by atomic mass is 32.3. The molecule has 0 N–H and O–H groups in total. The molecule has 2 heterocycles. The number of rotatable bonds is 3. The van der Waals surface area contributed by atoms with Crippen molar-refractivity contribution in [1.82, 2.24) is 9.97 Å². The van der Waals surface area contributed by atoms with E-state index in [-0.39, 0.29) is 19.1 Å². The second kappa shape index (κ2) is 5.99. The van der Waals surface area contributed by atoms with Gasteiger partial charge in [-0.2, -0.15) is 8.42 Å². The van der Waals surface area contributed by atoms with E-state index in [0.29, 0.717) is 11.6 Å². The molecule has 8 heteroatoms. The Hall–Kier alpha value is -2.03. The number of nitrogens with zero attached hydrogens (tertiary/aromatic N) is 2. The van der Waals surface area contributed by atoms with Crippen LogP contribution in [0.1, 0.15) is 17.0 Å². The molecule has 0 saturated carbocycles. The molecule has 3 rings (SSSR count). The van der Waals surface area contributed by atoms with Gasteiger partial charge in [0.1, 0.15) is 12.1 Å². The molecule has 1 aliphatic heterocycles. The minimum absolute atomic E-state index is 0.0769. The van der Waals surface area contributed by atoms with Crippen LogP contribution < -0.4 is 4.74 Å². The summed E-state index contributed by atoms with van der Waals surface area (Å²) in [4.78, 5) is 7.97. The lowest BCUT2D eigenvalue weighted by Crippen LogP contribution is -2.26. The third kappa shape index (κ3) is 3.41. The van der Waals surface area contributed by atoms with Gasteiger partial charge in [0.05, 0.1) is 13.2 Å². The van der Waals surface area contributed by atoms with Gasteiger partial charge in [-0.25, -0.2) is 18.3 Å². The van der Waals surface area contributed by atoms with E-state index in [0.717, 1.165) is 11.1 Å². The fourth-order valence-electron chi connectivity index (χ4n) is 2.02. The van der Waals surface area contributed by atoms with Gasteiger partial charge in [-0.3, -0.25) is 0 Å². The summed E-state index contributed by atoms with van der Waals surface area (Å²) >= 11 is 0. The molecule has 0 unspecified atom stereocenters. The molecule has 1 saturated heterocycles. The number of hydrogen-bond acceptors (Lipinski definition) is 7. The summed E-state index contributed by atoms with van der Waals surface area (Å²) in [6.45, 7) is 2.02. The highest BCUT2D eigenvalue weighted by Gasteiger charge is 2.26. The van der Waals surface area contributed by atoms with Crippen molar-refractivity contribution in [2.75, 3.05) is 13.2 Å². The molecule has 2 aromatic rings. The first-order chi connectivity index (χ1) is 10.5. The van der Waals surface area contributed by atoms with Crippen molar-refractivity contribution >= 4 is 10.4 Å². The Morgan fingerprint density at radius 3 is 2.50 bits per heavy atom. The highest BCUT2D eigenvalue weighted by molar-refractivity contribution is 7.81. The molecule has 0 aliphatic carbocycles. The summed E-state index contributed by atoms with van der Waals surface area (Å²) in [6.07, 6.45) is 3.10. The van der Waals surface area contributed by atoms with Crippen LogP contribution in [-0.2, 0) is 18.8 Å². The van der Waals surface area contributed by atoms with E-state index in [1.807, 2.05) is 19.1 Å². The van der Waals surface area contributed by atoms with E-state index >= 15 is 0 Å². The fourth-order valence-corrected chi connectivity index (χ4v) is 2.75. The molecule has 0 radical (unpaired) electrons. The molecule has 1 fully saturated rings.